The summed E-state index contributed by atoms with van der Waals surface area (Å²) in [6, 6.07) is 11.2. The van der Waals surface area contributed by atoms with Crippen molar-refractivity contribution in [1.29, 1.82) is 0 Å². The Kier molecular flexibility index (Phi) is 4.19. The second kappa shape index (κ2) is 5.81. The molecule has 0 aliphatic carbocycles. The molecule has 6 heteroatoms. The van der Waals surface area contributed by atoms with Crippen LogP contribution < -0.4 is 0 Å². The van der Waals surface area contributed by atoms with Crippen molar-refractivity contribution in [2.45, 2.75) is 12.3 Å². The zero-order valence-electron chi connectivity index (χ0n) is 10.9. The molecular weight excluding hydrogens is 394 g/mol. The van der Waals surface area contributed by atoms with Crippen molar-refractivity contribution >= 4 is 61.8 Å². The second-order valence-corrected chi connectivity index (χ2v) is 6.92. The molecule has 3 aromatic rings. The Morgan fingerprint density at radius 3 is 2.67 bits per heavy atom. The van der Waals surface area contributed by atoms with Crippen LogP contribution in [-0.2, 0) is 0 Å². The largest absolute Gasteiger partial charge is 0.294 e. The fraction of sp³-hybridized carbons (Fsp3) is 0.133. The third-order valence-corrected chi connectivity index (χ3v) is 4.98. The van der Waals surface area contributed by atoms with Gasteiger partial charge in [-0.15, -0.1) is 11.6 Å². The van der Waals surface area contributed by atoms with Crippen LogP contribution >= 0.6 is 50.7 Å². The molecule has 2 nitrogen and oxygen atoms in total. The van der Waals surface area contributed by atoms with E-state index in [4.69, 9.17) is 34.8 Å². The first-order chi connectivity index (χ1) is 9.99. The number of nitrogens with zero attached hydrogens (tertiary/aromatic N) is 2. The summed E-state index contributed by atoms with van der Waals surface area (Å²) in [5, 5.41) is 1.03. The molecule has 1 heterocycles. The van der Waals surface area contributed by atoms with Crippen molar-refractivity contribution < 1.29 is 0 Å². The van der Waals surface area contributed by atoms with Crippen molar-refractivity contribution in [2.24, 2.45) is 0 Å². The first kappa shape index (κ1) is 15.2. The van der Waals surface area contributed by atoms with Gasteiger partial charge in [-0.1, -0.05) is 29.3 Å². The van der Waals surface area contributed by atoms with Gasteiger partial charge in [0.15, 0.2) is 0 Å². The first-order valence-electron chi connectivity index (χ1n) is 6.25. The van der Waals surface area contributed by atoms with Crippen LogP contribution in [0.1, 0.15) is 18.1 Å². The minimum atomic E-state index is -0.248. The van der Waals surface area contributed by atoms with Gasteiger partial charge in [0.05, 0.1) is 31.6 Å². The molecule has 0 radical (unpaired) electrons. The van der Waals surface area contributed by atoms with Crippen molar-refractivity contribution in [3.05, 3.63) is 56.7 Å². The minimum Gasteiger partial charge on any atom is -0.294 e. The fourth-order valence-corrected chi connectivity index (χ4v) is 3.18. The van der Waals surface area contributed by atoms with Gasteiger partial charge in [0, 0.05) is 5.02 Å². The van der Waals surface area contributed by atoms with Crippen LogP contribution in [0, 0.1) is 0 Å². The Morgan fingerprint density at radius 1 is 1.19 bits per heavy atom. The first-order valence-corrected chi connectivity index (χ1v) is 8.24. The summed E-state index contributed by atoms with van der Waals surface area (Å²) in [5.41, 5.74) is 2.62. The second-order valence-electron chi connectivity index (χ2n) is 4.63. The van der Waals surface area contributed by atoms with Gasteiger partial charge in [0.2, 0.25) is 0 Å². The molecule has 2 aromatic carbocycles. The lowest BCUT2D eigenvalue weighted by atomic mass is 10.2. The summed E-state index contributed by atoms with van der Waals surface area (Å²) in [6.45, 7) is 1.89. The van der Waals surface area contributed by atoms with Crippen LogP contribution in [0.4, 0.5) is 0 Å². The van der Waals surface area contributed by atoms with E-state index in [2.05, 4.69) is 20.9 Å². The average Bonchev–Trinajstić information content (AvgIpc) is 2.80. The predicted octanol–water partition coefficient (Wildman–Crippen LogP) is 6.39. The van der Waals surface area contributed by atoms with E-state index in [1.807, 2.05) is 47.9 Å². The summed E-state index contributed by atoms with van der Waals surface area (Å²) in [5.74, 6) is 0.747. The van der Waals surface area contributed by atoms with Crippen molar-refractivity contribution in [1.82, 2.24) is 9.55 Å². The quantitative estimate of drug-likeness (QED) is 0.452. The number of aromatic nitrogens is 2. The van der Waals surface area contributed by atoms with Gasteiger partial charge in [-0.05, 0) is 53.2 Å². The lowest BCUT2D eigenvalue weighted by Crippen LogP contribution is -2.02. The van der Waals surface area contributed by atoms with E-state index in [9.17, 15) is 0 Å². The molecule has 21 heavy (non-hydrogen) atoms. The number of halogens is 4. The summed E-state index contributed by atoms with van der Waals surface area (Å²) in [7, 11) is 0. The Bertz CT molecular complexity index is 827. The third-order valence-electron chi connectivity index (χ3n) is 3.17. The van der Waals surface area contributed by atoms with E-state index in [0.29, 0.717) is 10.0 Å². The van der Waals surface area contributed by atoms with Gasteiger partial charge in [-0.25, -0.2) is 4.98 Å². The fourth-order valence-electron chi connectivity index (χ4n) is 2.25. The SMILES string of the molecule is CC(Cl)c1nc2ccc(Cl)cc2n1-c1cccc(Cl)c1Br. The Balaban J connectivity index is 2.41. The summed E-state index contributed by atoms with van der Waals surface area (Å²) < 4.78 is 2.78. The molecule has 1 aromatic heterocycles. The topological polar surface area (TPSA) is 17.8 Å². The number of benzene rings is 2. The van der Waals surface area contributed by atoms with Crippen LogP contribution in [0.3, 0.4) is 0 Å². The van der Waals surface area contributed by atoms with Crippen LogP contribution in [-0.4, -0.2) is 9.55 Å². The highest BCUT2D eigenvalue weighted by Crippen LogP contribution is 2.35. The normalized spacial score (nSPS) is 12.8. The number of rotatable bonds is 2. The summed E-state index contributed by atoms with van der Waals surface area (Å²) in [6.07, 6.45) is 0. The van der Waals surface area contributed by atoms with Crippen LogP contribution in [0.2, 0.25) is 10.0 Å². The molecule has 0 amide bonds. The van der Waals surface area contributed by atoms with Crippen molar-refractivity contribution in [2.75, 3.05) is 0 Å². The Morgan fingerprint density at radius 2 is 1.95 bits per heavy atom. The van der Waals surface area contributed by atoms with E-state index < -0.39 is 0 Å². The number of fused-ring (bicyclic) bond motifs is 1. The molecule has 0 aliphatic rings. The molecule has 0 spiro atoms. The molecule has 1 unspecified atom stereocenters. The smallest absolute Gasteiger partial charge is 0.132 e. The third kappa shape index (κ3) is 2.68. The lowest BCUT2D eigenvalue weighted by molar-refractivity contribution is 0.880. The number of alkyl halides is 1. The predicted molar refractivity (Wildman–Crippen MR) is 93.1 cm³/mol. The average molecular weight is 405 g/mol. The van der Waals surface area contributed by atoms with Gasteiger partial charge in [-0.3, -0.25) is 4.57 Å². The van der Waals surface area contributed by atoms with Gasteiger partial charge in [0.1, 0.15) is 5.82 Å². The van der Waals surface area contributed by atoms with Gasteiger partial charge in [-0.2, -0.15) is 0 Å². The molecule has 0 saturated carbocycles. The number of imidazole rings is 1. The molecule has 0 fully saturated rings. The molecule has 0 saturated heterocycles. The molecule has 1 atom stereocenters. The van der Waals surface area contributed by atoms with E-state index >= 15 is 0 Å². The Hall–Kier alpha value is -0.740. The van der Waals surface area contributed by atoms with E-state index in [1.165, 1.54) is 0 Å². The van der Waals surface area contributed by atoms with Crippen LogP contribution in [0.5, 0.6) is 0 Å². The van der Waals surface area contributed by atoms with Crippen LogP contribution in [0.15, 0.2) is 40.9 Å². The summed E-state index contributed by atoms with van der Waals surface area (Å²) >= 11 is 22.2. The van der Waals surface area contributed by atoms with Gasteiger partial charge < -0.3 is 0 Å². The number of hydrogen-bond acceptors (Lipinski definition) is 1. The highest BCUT2D eigenvalue weighted by molar-refractivity contribution is 9.10. The van der Waals surface area contributed by atoms with Gasteiger partial charge >= 0.3 is 0 Å². The molecule has 108 valence electrons. The summed E-state index contributed by atoms with van der Waals surface area (Å²) in [4.78, 5) is 4.61. The van der Waals surface area contributed by atoms with Crippen LogP contribution in [0.25, 0.3) is 16.7 Å². The highest BCUT2D eigenvalue weighted by atomic mass is 79.9. The maximum absolute atomic E-state index is 6.30. The lowest BCUT2D eigenvalue weighted by Gasteiger charge is -2.13. The van der Waals surface area contributed by atoms with Gasteiger partial charge in [0.25, 0.3) is 0 Å². The van der Waals surface area contributed by atoms with E-state index in [1.54, 1.807) is 0 Å². The standard InChI is InChI=1S/C15H10BrCl3N2/c1-8(17)15-20-11-6-5-9(18)7-13(11)21(15)12-4-2-3-10(19)14(12)16/h2-8H,1H3. The Labute approximate surface area is 145 Å². The maximum atomic E-state index is 6.30. The zero-order chi connectivity index (χ0) is 15.1. The number of hydrogen-bond donors (Lipinski definition) is 0. The molecule has 0 aliphatic heterocycles. The van der Waals surface area contributed by atoms with E-state index in [0.717, 1.165) is 27.0 Å². The highest BCUT2D eigenvalue weighted by Gasteiger charge is 2.19. The molecule has 0 bridgehead atoms. The van der Waals surface area contributed by atoms with Crippen molar-refractivity contribution in [3.8, 4) is 5.69 Å². The molecule has 0 N–H and O–H groups in total. The zero-order valence-corrected chi connectivity index (χ0v) is 14.8. The molecular formula is C15H10BrCl3N2. The monoisotopic (exact) mass is 402 g/mol. The van der Waals surface area contributed by atoms with E-state index in [-0.39, 0.29) is 5.38 Å². The maximum Gasteiger partial charge on any atom is 0.132 e. The minimum absolute atomic E-state index is 0.248. The van der Waals surface area contributed by atoms with Crippen molar-refractivity contribution in [3.63, 3.8) is 0 Å². The molecule has 3 rings (SSSR count).